The summed E-state index contributed by atoms with van der Waals surface area (Å²) in [6.45, 7) is 5.96. The second-order valence-electron chi connectivity index (χ2n) is 10.6. The lowest BCUT2D eigenvalue weighted by molar-refractivity contribution is 0.0700. The summed E-state index contributed by atoms with van der Waals surface area (Å²) in [5.74, 6) is 0.429. The summed E-state index contributed by atoms with van der Waals surface area (Å²) < 4.78 is 5.52. The number of nitrogens with two attached hydrogens (primary N) is 1. The van der Waals surface area contributed by atoms with E-state index >= 15 is 0 Å². The average Bonchev–Trinajstić information content (AvgIpc) is 3.23. The van der Waals surface area contributed by atoms with E-state index in [1.165, 1.54) is 11.3 Å². The molecule has 39 heavy (non-hydrogen) atoms. The monoisotopic (exact) mass is 547 g/mol. The molecule has 0 unspecified atom stereocenters. The molecule has 3 aliphatic rings. The Morgan fingerprint density at radius 3 is 2.38 bits per heavy atom. The zero-order chi connectivity index (χ0) is 26.8. The van der Waals surface area contributed by atoms with E-state index in [0.717, 1.165) is 56.8 Å². The second kappa shape index (κ2) is 11.3. The fraction of sp³-hybridized carbons (Fsp3) is 0.414. The van der Waals surface area contributed by atoms with Crippen LogP contribution < -0.4 is 15.5 Å². The first kappa shape index (κ1) is 25.7. The van der Waals surface area contributed by atoms with Gasteiger partial charge in [-0.2, -0.15) is 0 Å². The zero-order valence-corrected chi connectivity index (χ0v) is 22.7. The molecular formula is C29H34ClN7O2. The van der Waals surface area contributed by atoms with E-state index in [2.05, 4.69) is 49.2 Å². The molecule has 1 aromatic heterocycles. The van der Waals surface area contributed by atoms with E-state index in [4.69, 9.17) is 22.1 Å². The molecule has 2 N–H and O–H groups in total. The molecule has 6 rings (SSSR count). The number of fused-ring (bicyclic) bond motifs is 2. The van der Waals surface area contributed by atoms with E-state index in [1.807, 2.05) is 41.3 Å². The van der Waals surface area contributed by atoms with Crippen molar-refractivity contribution in [3.05, 3.63) is 76.9 Å². The van der Waals surface area contributed by atoms with Gasteiger partial charge in [0.05, 0.1) is 5.69 Å². The number of anilines is 3. The van der Waals surface area contributed by atoms with Crippen LogP contribution in [0.5, 0.6) is 0 Å². The number of benzene rings is 2. The van der Waals surface area contributed by atoms with E-state index in [9.17, 15) is 4.79 Å². The average molecular weight is 548 g/mol. The predicted molar refractivity (Wildman–Crippen MR) is 153 cm³/mol. The molecule has 0 aliphatic carbocycles. The van der Waals surface area contributed by atoms with Crippen molar-refractivity contribution in [2.24, 2.45) is 0 Å². The number of halogens is 1. The van der Waals surface area contributed by atoms with Crippen LogP contribution in [0.2, 0.25) is 5.15 Å². The van der Waals surface area contributed by atoms with Crippen molar-refractivity contribution in [1.29, 1.82) is 0 Å². The summed E-state index contributed by atoms with van der Waals surface area (Å²) >= 11 is 6.11. The van der Waals surface area contributed by atoms with E-state index in [1.54, 1.807) is 0 Å². The lowest BCUT2D eigenvalue weighted by Crippen LogP contribution is -2.54. The lowest BCUT2D eigenvalue weighted by Gasteiger charge is -2.43. The van der Waals surface area contributed by atoms with Gasteiger partial charge in [0.2, 0.25) is 0 Å². The first-order valence-corrected chi connectivity index (χ1v) is 14.0. The van der Waals surface area contributed by atoms with Crippen LogP contribution in [0.15, 0.2) is 60.7 Å². The highest BCUT2D eigenvalue weighted by molar-refractivity contribution is 6.29. The Labute approximate surface area is 234 Å². The van der Waals surface area contributed by atoms with Crippen LogP contribution >= 0.6 is 11.6 Å². The minimum atomic E-state index is -0.235. The second-order valence-corrected chi connectivity index (χ2v) is 11.0. The molecule has 1 amide bonds. The predicted octanol–water partition coefficient (Wildman–Crippen LogP) is 4.02. The Bertz CT molecular complexity index is 1290. The van der Waals surface area contributed by atoms with Gasteiger partial charge in [0.1, 0.15) is 6.61 Å². The van der Waals surface area contributed by atoms with Crippen molar-refractivity contribution in [1.82, 2.24) is 20.0 Å². The van der Waals surface area contributed by atoms with Gasteiger partial charge in [-0.05, 0) is 36.1 Å². The van der Waals surface area contributed by atoms with Crippen LogP contribution in [0.25, 0.3) is 0 Å². The Kier molecular flexibility index (Phi) is 7.43. The zero-order valence-electron chi connectivity index (χ0n) is 22.0. The third-order valence-electron chi connectivity index (χ3n) is 8.04. The molecule has 2 aromatic carbocycles. The van der Waals surface area contributed by atoms with E-state index in [-0.39, 0.29) is 6.09 Å². The molecule has 3 aliphatic heterocycles. The summed E-state index contributed by atoms with van der Waals surface area (Å²) in [7, 11) is 0. The van der Waals surface area contributed by atoms with Gasteiger partial charge >= 0.3 is 6.09 Å². The lowest BCUT2D eigenvalue weighted by atomic mass is 10.1. The third-order valence-corrected chi connectivity index (χ3v) is 8.23. The maximum Gasteiger partial charge on any atom is 0.410 e. The van der Waals surface area contributed by atoms with Crippen LogP contribution in [0, 0.1) is 0 Å². The molecule has 0 radical (unpaired) electrons. The normalized spacial score (nSPS) is 21.3. The maximum absolute atomic E-state index is 12.5. The van der Waals surface area contributed by atoms with Gasteiger partial charge in [0.25, 0.3) is 0 Å². The van der Waals surface area contributed by atoms with E-state index < -0.39 is 0 Å². The highest BCUT2D eigenvalue weighted by atomic mass is 35.5. The smallest absolute Gasteiger partial charge is 0.410 e. The first-order chi connectivity index (χ1) is 19.0. The minimum Gasteiger partial charge on any atom is -0.445 e. The van der Waals surface area contributed by atoms with Crippen molar-refractivity contribution < 1.29 is 9.53 Å². The number of hydrogen-bond donors (Lipinski definition) is 1. The molecular weight excluding hydrogens is 514 g/mol. The quantitative estimate of drug-likeness (QED) is 0.495. The fourth-order valence-corrected chi connectivity index (χ4v) is 6.26. The van der Waals surface area contributed by atoms with Crippen molar-refractivity contribution in [3.63, 3.8) is 0 Å². The molecule has 0 saturated carbocycles. The number of rotatable bonds is 6. The number of ether oxygens (including phenoxy) is 1. The molecule has 2 atom stereocenters. The standard InChI is InChI=1S/C29H34ClN7O2/c30-27-16-26(28(31)33-32-27)36-18-24-9-10-25(19-36)37(24)23-8-4-7-22(15-23)17-34-11-13-35(14-12-34)29(38)39-20-21-5-2-1-3-6-21/h1-8,15-16,24-25H,9-14,17-20H2,(H2,31,33)/t24-,25+. The number of carbonyl (C=O) groups excluding carboxylic acids is 1. The van der Waals surface area contributed by atoms with Gasteiger partial charge in [0.15, 0.2) is 11.0 Å². The van der Waals surface area contributed by atoms with Gasteiger partial charge in [-0.3, -0.25) is 4.90 Å². The molecule has 204 valence electrons. The van der Waals surface area contributed by atoms with Crippen LogP contribution in [0.1, 0.15) is 24.0 Å². The summed E-state index contributed by atoms with van der Waals surface area (Å²) in [5, 5.41) is 8.24. The minimum absolute atomic E-state index is 0.235. The van der Waals surface area contributed by atoms with Crippen molar-refractivity contribution >= 4 is 34.9 Å². The van der Waals surface area contributed by atoms with Crippen molar-refractivity contribution in [2.75, 3.05) is 54.8 Å². The van der Waals surface area contributed by atoms with Crippen molar-refractivity contribution in [3.8, 4) is 0 Å². The number of hydrogen-bond acceptors (Lipinski definition) is 8. The van der Waals surface area contributed by atoms with Crippen LogP contribution in [-0.2, 0) is 17.9 Å². The third kappa shape index (κ3) is 5.74. The molecule has 9 nitrogen and oxygen atoms in total. The van der Waals surface area contributed by atoms with Gasteiger partial charge < -0.3 is 25.2 Å². The Morgan fingerprint density at radius 1 is 0.923 bits per heavy atom. The first-order valence-electron chi connectivity index (χ1n) is 13.6. The SMILES string of the molecule is Nc1nnc(Cl)cc1N1C[C@H]2CC[C@@H](C1)N2c1cccc(CN2CCN(C(=O)OCc3ccccc3)CC2)c1. The molecule has 2 bridgehead atoms. The molecule has 10 heteroatoms. The number of piperazine rings is 2. The fourth-order valence-electron chi connectivity index (χ4n) is 6.12. The number of nitrogens with zero attached hydrogens (tertiary/aromatic N) is 6. The largest absolute Gasteiger partial charge is 0.445 e. The summed E-state index contributed by atoms with van der Waals surface area (Å²) in [6.07, 6.45) is 2.07. The van der Waals surface area contributed by atoms with Crippen LogP contribution in [0.4, 0.5) is 22.0 Å². The van der Waals surface area contributed by atoms with Crippen molar-refractivity contribution in [2.45, 2.75) is 38.1 Å². The number of nitrogen functional groups attached to an aromatic ring is 1. The van der Waals surface area contributed by atoms with Gasteiger partial charge in [-0.1, -0.05) is 54.1 Å². The van der Waals surface area contributed by atoms with Gasteiger partial charge in [-0.15, -0.1) is 10.2 Å². The summed E-state index contributed by atoms with van der Waals surface area (Å²) in [4.78, 5) is 21.7. The summed E-state index contributed by atoms with van der Waals surface area (Å²) in [5.41, 5.74) is 10.6. The number of aromatic nitrogens is 2. The molecule has 3 fully saturated rings. The van der Waals surface area contributed by atoms with E-state index in [0.29, 0.717) is 42.8 Å². The summed E-state index contributed by atoms with van der Waals surface area (Å²) in [6, 6.07) is 21.4. The highest BCUT2D eigenvalue weighted by Gasteiger charge is 2.40. The van der Waals surface area contributed by atoms with Gasteiger partial charge in [0, 0.05) is 69.7 Å². The van der Waals surface area contributed by atoms with Gasteiger partial charge in [-0.25, -0.2) is 4.79 Å². The topological polar surface area (TPSA) is 91.1 Å². The molecule has 3 aromatic rings. The number of carbonyl (C=O) groups is 1. The maximum atomic E-state index is 12.5. The molecule has 0 spiro atoms. The molecule has 3 saturated heterocycles. The Hall–Kier alpha value is -3.56. The Morgan fingerprint density at radius 2 is 1.64 bits per heavy atom. The molecule has 4 heterocycles. The number of amides is 1. The Balaban J connectivity index is 1.04. The van der Waals surface area contributed by atoms with Crippen LogP contribution in [-0.4, -0.2) is 77.4 Å². The van der Waals surface area contributed by atoms with Crippen LogP contribution in [0.3, 0.4) is 0 Å². The highest BCUT2D eigenvalue weighted by Crippen LogP contribution is 2.38.